The van der Waals surface area contributed by atoms with Crippen molar-refractivity contribution in [3.63, 3.8) is 0 Å². The Bertz CT molecular complexity index is 1090. The van der Waals surface area contributed by atoms with Gasteiger partial charge in [-0.25, -0.2) is 0 Å². The standard InChI is InChI=1S/C25H25N3OS/c1-3-29-23-14-12-22(13-15-23)28-24(17-20-9-5-4-6-10-20)26-27-25(28)30-18-21-11-7-8-19(2)16-21/h4-16H,3,17-18H2,1-2H3. The van der Waals surface area contributed by atoms with Gasteiger partial charge in [0.1, 0.15) is 11.6 Å². The number of benzene rings is 3. The lowest BCUT2D eigenvalue weighted by Crippen LogP contribution is -2.04. The molecule has 0 atom stereocenters. The zero-order chi connectivity index (χ0) is 20.8. The molecule has 4 rings (SSSR count). The van der Waals surface area contributed by atoms with Crippen molar-refractivity contribution in [2.45, 2.75) is 31.2 Å². The van der Waals surface area contributed by atoms with Gasteiger partial charge in [0.05, 0.1) is 6.61 Å². The molecule has 0 fully saturated rings. The van der Waals surface area contributed by atoms with Gasteiger partial charge in [-0.15, -0.1) is 10.2 Å². The van der Waals surface area contributed by atoms with Crippen molar-refractivity contribution in [3.8, 4) is 11.4 Å². The van der Waals surface area contributed by atoms with Crippen molar-refractivity contribution >= 4 is 11.8 Å². The van der Waals surface area contributed by atoms with Gasteiger partial charge in [-0.3, -0.25) is 4.57 Å². The SMILES string of the molecule is CCOc1ccc(-n2c(Cc3ccccc3)nnc2SCc2cccc(C)c2)cc1. The van der Waals surface area contributed by atoms with Crippen LogP contribution < -0.4 is 4.74 Å². The summed E-state index contributed by atoms with van der Waals surface area (Å²) < 4.78 is 7.76. The van der Waals surface area contributed by atoms with Crippen LogP contribution >= 0.6 is 11.8 Å². The summed E-state index contributed by atoms with van der Waals surface area (Å²) in [5.41, 5.74) is 4.81. The van der Waals surface area contributed by atoms with Crippen molar-refractivity contribution in [2.75, 3.05) is 6.61 Å². The number of hydrogen-bond donors (Lipinski definition) is 0. The van der Waals surface area contributed by atoms with Crippen LogP contribution in [0.25, 0.3) is 5.69 Å². The van der Waals surface area contributed by atoms with Crippen LogP contribution in [0.5, 0.6) is 5.75 Å². The highest BCUT2D eigenvalue weighted by molar-refractivity contribution is 7.98. The molecule has 5 heteroatoms. The lowest BCUT2D eigenvalue weighted by molar-refractivity contribution is 0.340. The summed E-state index contributed by atoms with van der Waals surface area (Å²) in [5, 5.41) is 9.96. The molecule has 0 radical (unpaired) electrons. The van der Waals surface area contributed by atoms with E-state index < -0.39 is 0 Å². The second-order valence-electron chi connectivity index (χ2n) is 7.10. The minimum atomic E-state index is 0.656. The molecule has 0 saturated carbocycles. The molecule has 0 N–H and O–H groups in total. The average Bonchev–Trinajstić information content (AvgIpc) is 3.16. The second kappa shape index (κ2) is 9.63. The maximum atomic E-state index is 5.61. The Hall–Kier alpha value is -3.05. The van der Waals surface area contributed by atoms with Gasteiger partial charge >= 0.3 is 0 Å². The molecule has 0 aliphatic rings. The van der Waals surface area contributed by atoms with E-state index in [1.165, 1.54) is 16.7 Å². The van der Waals surface area contributed by atoms with E-state index >= 15 is 0 Å². The highest BCUT2D eigenvalue weighted by Gasteiger charge is 2.15. The van der Waals surface area contributed by atoms with E-state index in [9.17, 15) is 0 Å². The zero-order valence-electron chi connectivity index (χ0n) is 17.3. The third kappa shape index (κ3) is 4.92. The average molecular weight is 416 g/mol. The van der Waals surface area contributed by atoms with Gasteiger partial charge in [0.25, 0.3) is 0 Å². The highest BCUT2D eigenvalue weighted by atomic mass is 32.2. The first-order valence-corrected chi connectivity index (χ1v) is 11.1. The normalized spacial score (nSPS) is 10.9. The lowest BCUT2D eigenvalue weighted by atomic mass is 10.1. The quantitative estimate of drug-likeness (QED) is 0.338. The van der Waals surface area contributed by atoms with Crippen LogP contribution in [-0.2, 0) is 12.2 Å². The molecule has 1 aromatic heterocycles. The summed E-state index contributed by atoms with van der Waals surface area (Å²) in [6, 6.07) is 27.1. The fourth-order valence-electron chi connectivity index (χ4n) is 3.35. The fraction of sp³-hybridized carbons (Fsp3) is 0.200. The summed E-state index contributed by atoms with van der Waals surface area (Å²) in [6.07, 6.45) is 0.728. The molecule has 0 unspecified atom stereocenters. The number of aryl methyl sites for hydroxylation is 1. The van der Waals surface area contributed by atoms with E-state index in [4.69, 9.17) is 4.74 Å². The smallest absolute Gasteiger partial charge is 0.196 e. The topological polar surface area (TPSA) is 39.9 Å². The molecule has 0 amide bonds. The summed E-state index contributed by atoms with van der Waals surface area (Å²) in [5.74, 6) is 2.65. The van der Waals surface area contributed by atoms with E-state index in [1.54, 1.807) is 11.8 Å². The molecule has 30 heavy (non-hydrogen) atoms. The summed E-state index contributed by atoms with van der Waals surface area (Å²) >= 11 is 1.71. The van der Waals surface area contributed by atoms with E-state index in [0.29, 0.717) is 6.61 Å². The summed E-state index contributed by atoms with van der Waals surface area (Å²) in [7, 11) is 0. The minimum absolute atomic E-state index is 0.656. The molecular formula is C25H25N3OS. The van der Waals surface area contributed by atoms with E-state index in [-0.39, 0.29) is 0 Å². The van der Waals surface area contributed by atoms with E-state index in [1.807, 2.05) is 25.1 Å². The number of nitrogens with zero attached hydrogens (tertiary/aromatic N) is 3. The van der Waals surface area contributed by atoms with Gasteiger partial charge in [-0.2, -0.15) is 0 Å². The Morgan fingerprint density at radius 2 is 1.63 bits per heavy atom. The second-order valence-corrected chi connectivity index (χ2v) is 8.04. The molecule has 0 aliphatic heterocycles. The van der Waals surface area contributed by atoms with Crippen molar-refractivity contribution < 1.29 is 4.74 Å². The molecule has 4 nitrogen and oxygen atoms in total. The number of thioether (sulfide) groups is 1. The van der Waals surface area contributed by atoms with Gasteiger partial charge in [0.2, 0.25) is 0 Å². The maximum absolute atomic E-state index is 5.61. The monoisotopic (exact) mass is 415 g/mol. The van der Waals surface area contributed by atoms with Gasteiger partial charge in [-0.1, -0.05) is 71.9 Å². The number of hydrogen-bond acceptors (Lipinski definition) is 4. The first-order chi connectivity index (χ1) is 14.7. The van der Waals surface area contributed by atoms with Crippen LogP contribution in [0.3, 0.4) is 0 Å². The van der Waals surface area contributed by atoms with Crippen molar-refractivity contribution in [1.29, 1.82) is 0 Å². The molecule has 152 valence electrons. The molecule has 0 aliphatic carbocycles. The Balaban J connectivity index is 1.65. The third-order valence-electron chi connectivity index (χ3n) is 4.76. The molecule has 0 spiro atoms. The Morgan fingerprint density at radius 1 is 0.867 bits per heavy atom. The number of ether oxygens (including phenoxy) is 1. The maximum Gasteiger partial charge on any atom is 0.196 e. The molecule has 4 aromatic rings. The largest absolute Gasteiger partial charge is 0.494 e. The van der Waals surface area contributed by atoms with Crippen molar-refractivity contribution in [1.82, 2.24) is 14.8 Å². The summed E-state index contributed by atoms with van der Waals surface area (Å²) in [4.78, 5) is 0. The zero-order valence-corrected chi connectivity index (χ0v) is 18.1. The lowest BCUT2D eigenvalue weighted by Gasteiger charge is -2.12. The van der Waals surface area contributed by atoms with Gasteiger partial charge < -0.3 is 4.74 Å². The Kier molecular flexibility index (Phi) is 6.50. The predicted octanol–water partition coefficient (Wildman–Crippen LogP) is 5.86. The molecule has 0 bridgehead atoms. The molecular weight excluding hydrogens is 390 g/mol. The highest BCUT2D eigenvalue weighted by Crippen LogP contribution is 2.27. The number of rotatable bonds is 8. The fourth-order valence-corrected chi connectivity index (χ4v) is 4.27. The van der Waals surface area contributed by atoms with Crippen LogP contribution in [0.15, 0.2) is 84.0 Å². The van der Waals surface area contributed by atoms with E-state index in [2.05, 4.69) is 82.4 Å². The van der Waals surface area contributed by atoms with Crippen LogP contribution in [0.4, 0.5) is 0 Å². The Morgan fingerprint density at radius 3 is 2.37 bits per heavy atom. The van der Waals surface area contributed by atoms with E-state index in [0.717, 1.165) is 34.6 Å². The predicted molar refractivity (Wildman–Crippen MR) is 123 cm³/mol. The van der Waals surface area contributed by atoms with Crippen molar-refractivity contribution in [2.24, 2.45) is 0 Å². The summed E-state index contributed by atoms with van der Waals surface area (Å²) in [6.45, 7) is 4.77. The van der Waals surface area contributed by atoms with Crippen LogP contribution in [0, 0.1) is 6.92 Å². The van der Waals surface area contributed by atoms with Crippen LogP contribution in [0.2, 0.25) is 0 Å². The molecule has 0 saturated heterocycles. The number of aromatic nitrogens is 3. The third-order valence-corrected chi connectivity index (χ3v) is 5.76. The molecule has 1 heterocycles. The minimum Gasteiger partial charge on any atom is -0.494 e. The van der Waals surface area contributed by atoms with Gasteiger partial charge in [0, 0.05) is 17.9 Å². The van der Waals surface area contributed by atoms with Crippen LogP contribution in [0.1, 0.15) is 29.4 Å². The first kappa shape index (κ1) is 20.2. The van der Waals surface area contributed by atoms with Crippen molar-refractivity contribution in [3.05, 3.63) is 101 Å². The van der Waals surface area contributed by atoms with Gasteiger partial charge in [-0.05, 0) is 49.2 Å². The van der Waals surface area contributed by atoms with Gasteiger partial charge in [0.15, 0.2) is 5.16 Å². The molecule has 3 aromatic carbocycles. The van der Waals surface area contributed by atoms with Crippen LogP contribution in [-0.4, -0.2) is 21.4 Å². The Labute approximate surface area is 181 Å². The first-order valence-electron chi connectivity index (χ1n) is 10.1.